The lowest BCUT2D eigenvalue weighted by atomic mass is 10.1. The Morgan fingerprint density at radius 2 is 1.95 bits per heavy atom. The normalized spacial score (nSPS) is 13.0. The van der Waals surface area contributed by atoms with Gasteiger partial charge in [0.25, 0.3) is 10.0 Å². The molecule has 2 rings (SSSR count). The van der Waals surface area contributed by atoms with Crippen LogP contribution in [0, 0.1) is 9.39 Å². The number of halogens is 2. The van der Waals surface area contributed by atoms with Gasteiger partial charge in [-0.05, 0) is 65.4 Å². The standard InChI is InChI=1S/C14H14FIN2O2S/c1-9(17)10-3-2-4-12(7-10)21(19,20)18-14-6-5-11(15)8-13(14)16/h2-9,18H,17H2,1H3. The summed E-state index contributed by atoms with van der Waals surface area (Å²) in [6.07, 6.45) is 0. The molecule has 3 N–H and O–H groups in total. The fraction of sp³-hybridized carbons (Fsp3) is 0.143. The zero-order chi connectivity index (χ0) is 15.6. The fourth-order valence-corrected chi connectivity index (χ4v) is 3.67. The van der Waals surface area contributed by atoms with E-state index in [4.69, 9.17) is 5.73 Å². The number of anilines is 1. The summed E-state index contributed by atoms with van der Waals surface area (Å²) in [5.74, 6) is -0.415. The third-order valence-corrected chi connectivity index (χ3v) is 5.13. The van der Waals surface area contributed by atoms with Gasteiger partial charge in [-0.3, -0.25) is 4.72 Å². The minimum atomic E-state index is -3.74. The predicted molar refractivity (Wildman–Crippen MR) is 89.0 cm³/mol. The highest BCUT2D eigenvalue weighted by atomic mass is 127. The van der Waals surface area contributed by atoms with Crippen LogP contribution in [-0.4, -0.2) is 8.42 Å². The van der Waals surface area contributed by atoms with Crippen molar-refractivity contribution in [2.24, 2.45) is 5.73 Å². The van der Waals surface area contributed by atoms with Gasteiger partial charge in [0, 0.05) is 9.61 Å². The summed E-state index contributed by atoms with van der Waals surface area (Å²) in [4.78, 5) is 0.123. The third kappa shape index (κ3) is 3.92. The molecule has 4 nitrogen and oxygen atoms in total. The average Bonchev–Trinajstić information content (AvgIpc) is 2.42. The van der Waals surface area contributed by atoms with E-state index in [9.17, 15) is 12.8 Å². The Bertz CT molecular complexity index is 763. The van der Waals surface area contributed by atoms with Crippen LogP contribution in [0.4, 0.5) is 10.1 Å². The Labute approximate surface area is 136 Å². The Morgan fingerprint density at radius 3 is 2.57 bits per heavy atom. The maximum atomic E-state index is 13.0. The number of hydrogen-bond donors (Lipinski definition) is 2. The number of nitrogens with two attached hydrogens (primary N) is 1. The molecule has 0 aliphatic rings. The molecule has 0 radical (unpaired) electrons. The first-order valence-corrected chi connectivity index (χ1v) is 8.69. The number of nitrogens with one attached hydrogen (secondary N) is 1. The molecule has 0 heterocycles. The van der Waals surface area contributed by atoms with Crippen LogP contribution < -0.4 is 10.5 Å². The van der Waals surface area contributed by atoms with Crippen LogP contribution in [0.3, 0.4) is 0 Å². The zero-order valence-electron chi connectivity index (χ0n) is 11.2. The highest BCUT2D eigenvalue weighted by molar-refractivity contribution is 14.1. The van der Waals surface area contributed by atoms with Crippen molar-refractivity contribution in [1.29, 1.82) is 0 Å². The molecule has 0 amide bonds. The molecule has 1 atom stereocenters. The lowest BCUT2D eigenvalue weighted by molar-refractivity contribution is 0.600. The number of benzene rings is 2. The van der Waals surface area contributed by atoms with Crippen LogP contribution in [0.5, 0.6) is 0 Å². The minimum absolute atomic E-state index is 0.123. The average molecular weight is 420 g/mol. The van der Waals surface area contributed by atoms with Crippen molar-refractivity contribution in [2.45, 2.75) is 17.9 Å². The molecular formula is C14H14FIN2O2S. The Kier molecular flexibility index (Phi) is 4.84. The van der Waals surface area contributed by atoms with Gasteiger partial charge in [-0.2, -0.15) is 0 Å². The SMILES string of the molecule is CC(N)c1cccc(S(=O)(=O)Nc2ccc(F)cc2I)c1. The molecular weight excluding hydrogens is 406 g/mol. The molecule has 0 fully saturated rings. The van der Waals surface area contributed by atoms with E-state index < -0.39 is 15.8 Å². The zero-order valence-corrected chi connectivity index (χ0v) is 14.2. The van der Waals surface area contributed by atoms with Gasteiger partial charge in [-0.15, -0.1) is 0 Å². The second-order valence-corrected chi connectivity index (χ2v) is 7.44. The van der Waals surface area contributed by atoms with E-state index in [1.807, 2.05) is 22.6 Å². The van der Waals surface area contributed by atoms with Gasteiger partial charge >= 0.3 is 0 Å². The largest absolute Gasteiger partial charge is 0.324 e. The molecule has 0 aromatic heterocycles. The van der Waals surface area contributed by atoms with E-state index in [0.29, 0.717) is 9.26 Å². The maximum Gasteiger partial charge on any atom is 0.261 e. The summed E-state index contributed by atoms with van der Waals surface area (Å²) < 4.78 is 40.7. The second kappa shape index (κ2) is 6.29. The number of hydrogen-bond acceptors (Lipinski definition) is 3. The highest BCUT2D eigenvalue weighted by Crippen LogP contribution is 2.23. The summed E-state index contributed by atoms with van der Waals surface area (Å²) in [7, 11) is -3.74. The van der Waals surface area contributed by atoms with Gasteiger partial charge in [0.05, 0.1) is 10.6 Å². The summed E-state index contributed by atoms with van der Waals surface area (Å²) in [6.45, 7) is 1.78. The molecule has 112 valence electrons. The molecule has 2 aromatic carbocycles. The van der Waals surface area contributed by atoms with Crippen molar-refractivity contribution in [3.8, 4) is 0 Å². The smallest absolute Gasteiger partial charge is 0.261 e. The van der Waals surface area contributed by atoms with E-state index in [-0.39, 0.29) is 10.9 Å². The van der Waals surface area contributed by atoms with Crippen LogP contribution in [-0.2, 0) is 10.0 Å². The summed E-state index contributed by atoms with van der Waals surface area (Å²) in [6, 6.07) is 10.0. The summed E-state index contributed by atoms with van der Waals surface area (Å²) in [5.41, 5.74) is 6.83. The van der Waals surface area contributed by atoms with E-state index in [0.717, 1.165) is 5.56 Å². The maximum absolute atomic E-state index is 13.0. The van der Waals surface area contributed by atoms with E-state index in [2.05, 4.69) is 4.72 Å². The van der Waals surface area contributed by atoms with Crippen LogP contribution >= 0.6 is 22.6 Å². The molecule has 0 saturated carbocycles. The highest BCUT2D eigenvalue weighted by Gasteiger charge is 2.16. The lowest BCUT2D eigenvalue weighted by Gasteiger charge is -2.12. The first-order valence-electron chi connectivity index (χ1n) is 6.13. The van der Waals surface area contributed by atoms with Crippen molar-refractivity contribution >= 4 is 38.3 Å². The molecule has 1 unspecified atom stereocenters. The Balaban J connectivity index is 2.36. The van der Waals surface area contributed by atoms with E-state index in [1.54, 1.807) is 19.1 Å². The first kappa shape index (κ1) is 16.2. The summed E-state index contributed by atoms with van der Waals surface area (Å²) >= 11 is 1.88. The molecule has 0 saturated heterocycles. The molecule has 21 heavy (non-hydrogen) atoms. The first-order chi connectivity index (χ1) is 9.79. The van der Waals surface area contributed by atoms with E-state index >= 15 is 0 Å². The lowest BCUT2D eigenvalue weighted by Crippen LogP contribution is -2.15. The van der Waals surface area contributed by atoms with Crippen LogP contribution in [0.25, 0.3) is 0 Å². The quantitative estimate of drug-likeness (QED) is 0.747. The predicted octanol–water partition coefficient (Wildman–Crippen LogP) is 3.25. The van der Waals surface area contributed by atoms with Crippen molar-refractivity contribution in [1.82, 2.24) is 0 Å². The van der Waals surface area contributed by atoms with Crippen LogP contribution in [0.1, 0.15) is 18.5 Å². The summed E-state index contributed by atoms with van der Waals surface area (Å²) in [5, 5.41) is 0. The fourth-order valence-electron chi connectivity index (χ4n) is 1.74. The molecule has 0 aliphatic carbocycles. The van der Waals surface area contributed by atoms with Crippen molar-refractivity contribution in [2.75, 3.05) is 4.72 Å². The number of sulfonamides is 1. The Hall–Kier alpha value is -1.19. The van der Waals surface area contributed by atoms with Gasteiger partial charge in [-0.25, -0.2) is 12.8 Å². The second-order valence-electron chi connectivity index (χ2n) is 4.59. The topological polar surface area (TPSA) is 72.2 Å². The molecule has 2 aromatic rings. The van der Waals surface area contributed by atoms with Crippen molar-refractivity contribution < 1.29 is 12.8 Å². The third-order valence-electron chi connectivity index (χ3n) is 2.87. The molecule has 0 bridgehead atoms. The van der Waals surface area contributed by atoms with Crippen molar-refractivity contribution in [3.63, 3.8) is 0 Å². The number of rotatable bonds is 4. The molecule has 0 aliphatic heterocycles. The van der Waals surface area contributed by atoms with E-state index in [1.165, 1.54) is 30.3 Å². The van der Waals surface area contributed by atoms with Crippen LogP contribution in [0.2, 0.25) is 0 Å². The van der Waals surface area contributed by atoms with Gasteiger partial charge in [-0.1, -0.05) is 12.1 Å². The minimum Gasteiger partial charge on any atom is -0.324 e. The van der Waals surface area contributed by atoms with Gasteiger partial charge in [0.1, 0.15) is 5.82 Å². The van der Waals surface area contributed by atoms with Gasteiger partial charge < -0.3 is 5.73 Å². The van der Waals surface area contributed by atoms with Gasteiger partial charge in [0.2, 0.25) is 0 Å². The van der Waals surface area contributed by atoms with Crippen molar-refractivity contribution in [3.05, 3.63) is 57.4 Å². The van der Waals surface area contributed by atoms with Gasteiger partial charge in [0.15, 0.2) is 0 Å². The Morgan fingerprint density at radius 1 is 1.24 bits per heavy atom. The van der Waals surface area contributed by atoms with Crippen LogP contribution in [0.15, 0.2) is 47.4 Å². The monoisotopic (exact) mass is 420 g/mol. The molecule has 7 heteroatoms. The molecule has 0 spiro atoms.